The molecule has 21 nitrogen and oxygen atoms in total. The lowest BCUT2D eigenvalue weighted by Crippen LogP contribution is -2.65. The van der Waals surface area contributed by atoms with Gasteiger partial charge in [0.25, 0.3) is 0 Å². The fourth-order valence-electron chi connectivity index (χ4n) is 14.7. The average molecular weight is 1000 g/mol. The van der Waals surface area contributed by atoms with Crippen LogP contribution in [0.15, 0.2) is 11.6 Å². The number of hydrogen-bond donors (Lipinski definition) is 9. The molecule has 21 heteroatoms. The van der Waals surface area contributed by atoms with E-state index in [2.05, 4.69) is 13.8 Å². The number of cyclic esters (lactones) is 1. The van der Waals surface area contributed by atoms with Crippen molar-refractivity contribution in [3.05, 3.63) is 11.6 Å². The number of methoxy groups -OCH3 is 2. The van der Waals surface area contributed by atoms with E-state index in [4.69, 9.17) is 52.1 Å². The highest BCUT2D eigenvalue weighted by molar-refractivity contribution is 5.85. The normalized spacial score (nSPS) is 53.9. The summed E-state index contributed by atoms with van der Waals surface area (Å²) in [6, 6.07) is 0. The lowest BCUT2D eigenvalue weighted by molar-refractivity contribution is -0.374. The average Bonchev–Trinajstić information content (AvgIpc) is 3.89. The molecule has 70 heavy (non-hydrogen) atoms. The van der Waals surface area contributed by atoms with E-state index >= 15 is 0 Å². The number of esters is 1. The van der Waals surface area contributed by atoms with Gasteiger partial charge in [0, 0.05) is 32.1 Å². The fourth-order valence-corrected chi connectivity index (χ4v) is 14.7. The zero-order chi connectivity index (χ0) is 50.2. The van der Waals surface area contributed by atoms with Crippen molar-refractivity contribution in [1.82, 2.24) is 0 Å². The molecular weight excluding hydrogens is 925 g/mol. The molecule has 4 aliphatic carbocycles. The molecule has 0 bridgehead atoms. The van der Waals surface area contributed by atoms with E-state index in [9.17, 15) is 50.8 Å². The number of fused-ring (bicyclic) bond motifs is 5. The molecule has 5 heterocycles. The third-order valence-electron chi connectivity index (χ3n) is 18.8. The second kappa shape index (κ2) is 20.9. The Bertz CT molecular complexity index is 1840. The molecule has 27 atom stereocenters. The van der Waals surface area contributed by atoms with Gasteiger partial charge in [-0.05, 0) is 106 Å². The number of ether oxygens (including phenoxy) is 11. The molecule has 400 valence electrons. The minimum atomic E-state index is -1.80. The third kappa shape index (κ3) is 9.35. The molecule has 0 radical (unpaired) electrons. The van der Waals surface area contributed by atoms with Crippen molar-refractivity contribution in [2.75, 3.05) is 34.0 Å². The molecule has 8 fully saturated rings. The van der Waals surface area contributed by atoms with Crippen LogP contribution in [0.3, 0.4) is 0 Å². The molecular formula is C49H78O21. The van der Waals surface area contributed by atoms with Crippen LogP contribution < -0.4 is 0 Å². The van der Waals surface area contributed by atoms with E-state index in [-0.39, 0.29) is 34.7 Å². The zero-order valence-corrected chi connectivity index (χ0v) is 41.1. The predicted molar refractivity (Wildman–Crippen MR) is 238 cm³/mol. The van der Waals surface area contributed by atoms with Gasteiger partial charge < -0.3 is 98.1 Å². The summed E-state index contributed by atoms with van der Waals surface area (Å²) in [6.45, 7) is 7.29. The van der Waals surface area contributed by atoms with Crippen LogP contribution in [0, 0.1) is 34.5 Å². The maximum absolute atomic E-state index is 12.7. The lowest BCUT2D eigenvalue weighted by Gasteiger charge is -2.64. The monoisotopic (exact) mass is 1000 g/mol. The van der Waals surface area contributed by atoms with Gasteiger partial charge in [-0.2, -0.15) is 0 Å². The van der Waals surface area contributed by atoms with E-state index in [1.54, 1.807) is 20.1 Å². The van der Waals surface area contributed by atoms with Gasteiger partial charge in [-0.1, -0.05) is 13.8 Å². The van der Waals surface area contributed by atoms with Gasteiger partial charge in [-0.25, -0.2) is 4.79 Å². The highest BCUT2D eigenvalue weighted by Crippen LogP contribution is 2.70. The summed E-state index contributed by atoms with van der Waals surface area (Å²) in [5, 5.41) is 97.0. The molecule has 0 aromatic rings. The van der Waals surface area contributed by atoms with Crippen molar-refractivity contribution in [1.29, 1.82) is 0 Å². The Morgan fingerprint density at radius 1 is 0.657 bits per heavy atom. The van der Waals surface area contributed by atoms with Gasteiger partial charge in [-0.15, -0.1) is 0 Å². The molecule has 9 rings (SSSR count). The zero-order valence-electron chi connectivity index (χ0n) is 41.1. The first-order valence-corrected chi connectivity index (χ1v) is 25.5. The predicted octanol–water partition coefficient (Wildman–Crippen LogP) is -0.706. The van der Waals surface area contributed by atoms with Crippen LogP contribution in [0.1, 0.15) is 91.9 Å². The van der Waals surface area contributed by atoms with Gasteiger partial charge in [0.2, 0.25) is 0 Å². The largest absolute Gasteiger partial charge is 0.458 e. The molecule has 5 aliphatic heterocycles. The smallest absolute Gasteiger partial charge is 0.331 e. The van der Waals surface area contributed by atoms with Crippen molar-refractivity contribution < 1.29 is 103 Å². The summed E-state index contributed by atoms with van der Waals surface area (Å²) in [4.78, 5) is 12.0. The number of carbonyl (C=O) groups is 1. The van der Waals surface area contributed by atoms with E-state index in [0.29, 0.717) is 24.9 Å². The summed E-state index contributed by atoms with van der Waals surface area (Å²) >= 11 is 0. The fraction of sp³-hybridized carbons (Fsp3) is 0.939. The molecule has 0 unspecified atom stereocenters. The van der Waals surface area contributed by atoms with Gasteiger partial charge >= 0.3 is 5.97 Å². The van der Waals surface area contributed by atoms with E-state index in [1.807, 2.05) is 6.92 Å². The maximum atomic E-state index is 12.7. The summed E-state index contributed by atoms with van der Waals surface area (Å²) in [6.07, 6.45) is -13.9. The molecule has 4 saturated carbocycles. The number of rotatable bonds is 13. The Hall–Kier alpha value is -1.55. The Balaban J connectivity index is 0.777. The minimum Gasteiger partial charge on any atom is -0.458 e. The van der Waals surface area contributed by atoms with Crippen molar-refractivity contribution in [3.63, 3.8) is 0 Å². The van der Waals surface area contributed by atoms with Crippen molar-refractivity contribution in [2.24, 2.45) is 34.5 Å². The van der Waals surface area contributed by atoms with Crippen LogP contribution in [0.5, 0.6) is 0 Å². The van der Waals surface area contributed by atoms with Gasteiger partial charge in [0.05, 0.1) is 43.2 Å². The summed E-state index contributed by atoms with van der Waals surface area (Å²) in [7, 11) is 2.94. The van der Waals surface area contributed by atoms with Gasteiger partial charge in [0.15, 0.2) is 25.2 Å². The van der Waals surface area contributed by atoms with Crippen molar-refractivity contribution in [2.45, 2.75) is 220 Å². The van der Waals surface area contributed by atoms with Crippen molar-refractivity contribution >= 4 is 5.97 Å². The molecule has 0 amide bonds. The van der Waals surface area contributed by atoms with E-state index in [1.165, 1.54) is 7.11 Å². The first kappa shape index (κ1) is 53.3. The quantitative estimate of drug-likeness (QED) is 0.0814. The Morgan fingerprint density at radius 3 is 2.01 bits per heavy atom. The van der Waals surface area contributed by atoms with E-state index < -0.39 is 136 Å². The molecule has 4 saturated heterocycles. The molecule has 0 aromatic heterocycles. The molecule has 9 N–H and O–H groups in total. The van der Waals surface area contributed by atoms with Crippen LogP contribution in [-0.2, 0) is 56.9 Å². The Labute approximate surface area is 408 Å². The van der Waals surface area contributed by atoms with Crippen molar-refractivity contribution in [3.8, 4) is 0 Å². The SMILES string of the molecule is CO[C@@H]1[C@@H](O)[C@H](O[C@H]2[C@@H](OC)C[C@H](O[C@H]3CC[C@@]4(C)[C@@H](CC[C@@H]5[C@@H]4CC[C@]4(C)[C@@H](C6=CC(=O)OC6)CC[C@]54O)C3)O[C@@H]2C)O[C@H](C)[C@H]1O[C@@H]1O[C@H](CO[C@@H]2O[C@H](CO)[C@@H](O)[C@H](O)[C@H]2O)[C@@H](O)[C@H](O)[C@H]1O. The number of aliphatic hydroxyl groups excluding tert-OH is 8. The summed E-state index contributed by atoms with van der Waals surface area (Å²) in [5.74, 6) is 0.941. The summed E-state index contributed by atoms with van der Waals surface area (Å²) < 4.78 is 65.7. The topological polar surface area (TPSA) is 301 Å². The van der Waals surface area contributed by atoms with E-state index in [0.717, 1.165) is 63.4 Å². The second-order valence-corrected chi connectivity index (χ2v) is 22.3. The van der Waals surface area contributed by atoms with Gasteiger partial charge in [-0.3, -0.25) is 0 Å². The van der Waals surface area contributed by atoms with Crippen LogP contribution in [0.2, 0.25) is 0 Å². The minimum absolute atomic E-state index is 0.0218. The molecule has 0 aromatic carbocycles. The molecule has 9 aliphatic rings. The number of carbonyl (C=O) groups excluding carboxylic acids is 1. The standard InChI is InChI=1S/C49H78O21/c1-21-41(69-46-40(58)43(61-6)42(22(2)65-46)70-45-39(57)37(55)35(53)31(68-45)20-63-44-38(56)36(54)34(52)30(18-50)67-44)29(60-5)17-33(64-21)66-25-9-12-47(3)24(16-25)7-8-28-27(47)10-13-48(4)26(11-14-49(28,48)59)23-15-32(51)62-19-23/h15,21-22,24-31,33-46,50,52-59H,7-14,16-20H2,1-6H3/t21-,22-,24+,25+,26-,27+,28-,29+,30-,31-,33+,34-,35-,36+,37+,38-,39-,40-,41-,42-,43-,44-,45+,46+,47+,48-,49+/m1/s1. The summed E-state index contributed by atoms with van der Waals surface area (Å²) in [5.41, 5.74) is 0.0579. The second-order valence-electron chi connectivity index (χ2n) is 22.3. The number of hydrogen-bond acceptors (Lipinski definition) is 21. The molecule has 0 spiro atoms. The first-order valence-electron chi connectivity index (χ1n) is 25.5. The highest BCUT2D eigenvalue weighted by atomic mass is 16.8. The third-order valence-corrected chi connectivity index (χ3v) is 18.8. The maximum Gasteiger partial charge on any atom is 0.331 e. The van der Waals surface area contributed by atoms with Crippen LogP contribution >= 0.6 is 0 Å². The lowest BCUT2D eigenvalue weighted by atomic mass is 9.43. The van der Waals surface area contributed by atoms with Crippen LogP contribution in [0.4, 0.5) is 0 Å². The Morgan fingerprint density at radius 2 is 1.33 bits per heavy atom. The van der Waals surface area contributed by atoms with Crippen LogP contribution in [0.25, 0.3) is 0 Å². The van der Waals surface area contributed by atoms with Crippen LogP contribution in [-0.4, -0.2) is 214 Å². The number of aliphatic hydroxyl groups is 9. The highest BCUT2D eigenvalue weighted by Gasteiger charge is 2.68. The Kier molecular flexibility index (Phi) is 15.9. The van der Waals surface area contributed by atoms with Gasteiger partial charge in [0.1, 0.15) is 79.9 Å². The first-order chi connectivity index (χ1) is 33.3.